The number of aromatic hydroxyl groups is 1. The number of hydrogen-bond donors (Lipinski definition) is 3. The molecule has 6 unspecified atom stereocenters. The number of fused-ring (bicyclic) bond motifs is 4. The number of carboxylic acids is 1. The Labute approximate surface area is 298 Å². The number of phenols is 1. The molecule has 262 valence electrons. The van der Waals surface area contributed by atoms with Gasteiger partial charge in [-0.1, -0.05) is 59.7 Å². The van der Waals surface area contributed by atoms with Gasteiger partial charge in [0.25, 0.3) is 11.8 Å². The van der Waals surface area contributed by atoms with Crippen LogP contribution in [0.5, 0.6) is 5.75 Å². The number of allylic oxidation sites excluding steroid dienone is 3. The van der Waals surface area contributed by atoms with Crippen molar-refractivity contribution in [2.75, 3.05) is 12.0 Å². The first-order valence-electron chi connectivity index (χ1n) is 16.8. The van der Waals surface area contributed by atoms with Gasteiger partial charge in [0.2, 0.25) is 11.8 Å². The second-order valence-corrected chi connectivity index (χ2v) is 14.0. The van der Waals surface area contributed by atoms with Gasteiger partial charge in [0.05, 0.1) is 28.9 Å². The molecule has 3 N–H and O–H groups in total. The fraction of sp³-hybridized carbons (Fsp3) is 0.308. The maximum absolute atomic E-state index is 15.2. The number of carbonyl (C=O) groups is 5. The SMILES string of the molecule is C=CCc1cccc(C2C3=CCC4C(=O)N(CCCC(=O)O)C(=O)C4C3CC3C(=O)N(Nc4ccc(F)cc4)C(=O)C32c2ccc(Cl)cc2)c1O. The van der Waals surface area contributed by atoms with Gasteiger partial charge in [0, 0.05) is 29.5 Å². The Balaban J connectivity index is 1.43. The lowest BCUT2D eigenvalue weighted by atomic mass is 9.49. The van der Waals surface area contributed by atoms with Gasteiger partial charge < -0.3 is 10.2 Å². The van der Waals surface area contributed by atoms with Crippen LogP contribution < -0.4 is 5.43 Å². The number of para-hydroxylation sites is 1. The number of nitrogens with one attached hydrogen (secondary N) is 1. The molecule has 4 amide bonds. The number of halogens is 2. The summed E-state index contributed by atoms with van der Waals surface area (Å²) in [6.45, 7) is 3.77. The van der Waals surface area contributed by atoms with Crippen molar-refractivity contribution in [3.8, 4) is 5.75 Å². The van der Waals surface area contributed by atoms with E-state index in [4.69, 9.17) is 11.6 Å². The zero-order valence-electron chi connectivity index (χ0n) is 27.4. The lowest BCUT2D eigenvalue weighted by Gasteiger charge is -2.50. The number of rotatable bonds is 10. The largest absolute Gasteiger partial charge is 0.507 e. The average Bonchev–Trinajstić information content (AvgIpc) is 3.47. The van der Waals surface area contributed by atoms with Gasteiger partial charge in [0.15, 0.2) is 0 Å². The van der Waals surface area contributed by atoms with Crippen molar-refractivity contribution < 1.29 is 38.6 Å². The van der Waals surface area contributed by atoms with E-state index in [1.165, 1.54) is 24.3 Å². The molecular weight excluding hydrogens is 677 g/mol. The fourth-order valence-corrected chi connectivity index (χ4v) is 8.96. The van der Waals surface area contributed by atoms with E-state index in [2.05, 4.69) is 12.0 Å². The zero-order chi connectivity index (χ0) is 36.2. The van der Waals surface area contributed by atoms with Crippen molar-refractivity contribution in [1.82, 2.24) is 9.91 Å². The maximum atomic E-state index is 15.2. The van der Waals surface area contributed by atoms with E-state index in [0.29, 0.717) is 39.4 Å². The molecule has 6 atom stereocenters. The molecule has 1 saturated carbocycles. The Morgan fingerprint density at radius 2 is 1.73 bits per heavy atom. The highest BCUT2D eigenvalue weighted by atomic mass is 35.5. The van der Waals surface area contributed by atoms with Gasteiger partial charge in [-0.05, 0) is 79.1 Å². The van der Waals surface area contributed by atoms with Crippen LogP contribution in [0.2, 0.25) is 5.02 Å². The van der Waals surface area contributed by atoms with Crippen LogP contribution in [0.15, 0.2) is 91.0 Å². The number of hydrazine groups is 1. The number of aliphatic carboxylic acids is 1. The minimum Gasteiger partial charge on any atom is -0.507 e. The maximum Gasteiger partial charge on any atom is 0.303 e. The number of carboxylic acid groups (broad SMARTS) is 1. The minimum atomic E-state index is -1.64. The molecule has 2 saturated heterocycles. The molecular formula is C39H35ClFN3O7. The second-order valence-electron chi connectivity index (χ2n) is 13.5. The lowest BCUT2D eigenvalue weighted by Crippen LogP contribution is -2.53. The number of amides is 4. The third kappa shape index (κ3) is 5.42. The fourth-order valence-electron chi connectivity index (χ4n) is 8.84. The van der Waals surface area contributed by atoms with E-state index >= 15 is 4.79 Å². The van der Waals surface area contributed by atoms with Crippen LogP contribution in [0, 0.1) is 29.5 Å². The van der Waals surface area contributed by atoms with Crippen LogP contribution >= 0.6 is 11.6 Å². The lowest BCUT2D eigenvalue weighted by molar-refractivity contribution is -0.142. The van der Waals surface area contributed by atoms with Gasteiger partial charge >= 0.3 is 5.97 Å². The molecule has 7 rings (SSSR count). The van der Waals surface area contributed by atoms with Crippen LogP contribution in [0.3, 0.4) is 0 Å². The number of benzene rings is 3. The standard InChI is InChI=1S/C39H35ClFN3O7/c1-2-5-21-6-3-7-28(34(21)47)33-26-17-18-27-32(37(50)43(35(27)48)19-4-8-31(45)46)29(26)20-30-36(49)44(42-25-15-13-24(41)14-16-25)38(51)39(30,33)22-9-11-23(40)12-10-22/h2-3,6-7,9-17,27,29-30,32-33,42,47H,1,4-5,8,18-20H2,(H,45,46). The molecule has 12 heteroatoms. The van der Waals surface area contributed by atoms with Crippen molar-refractivity contribution in [3.05, 3.63) is 119 Å². The van der Waals surface area contributed by atoms with Gasteiger partial charge in [-0.2, -0.15) is 5.01 Å². The summed E-state index contributed by atoms with van der Waals surface area (Å²) in [5, 5.41) is 22.4. The van der Waals surface area contributed by atoms with Crippen molar-refractivity contribution >= 4 is 46.9 Å². The molecule has 3 aromatic rings. The Kier molecular flexibility index (Phi) is 8.79. The number of nitrogens with zero attached hydrogens (tertiary/aromatic N) is 2. The van der Waals surface area contributed by atoms with Crippen LogP contribution in [-0.2, 0) is 35.8 Å². The van der Waals surface area contributed by atoms with Crippen LogP contribution in [-0.4, -0.2) is 56.3 Å². The molecule has 0 radical (unpaired) electrons. The van der Waals surface area contributed by atoms with Crippen LogP contribution in [0.4, 0.5) is 10.1 Å². The van der Waals surface area contributed by atoms with E-state index in [9.17, 15) is 33.8 Å². The topological polar surface area (TPSA) is 144 Å². The summed E-state index contributed by atoms with van der Waals surface area (Å²) >= 11 is 6.33. The minimum absolute atomic E-state index is 0.0351. The second kappa shape index (κ2) is 13.1. The highest BCUT2D eigenvalue weighted by Gasteiger charge is 2.70. The van der Waals surface area contributed by atoms with Crippen LogP contribution in [0.1, 0.15) is 48.3 Å². The molecule has 2 heterocycles. The Bertz CT molecular complexity index is 2000. The number of hydrogen-bond acceptors (Lipinski definition) is 7. The molecule has 10 nitrogen and oxygen atoms in total. The van der Waals surface area contributed by atoms with E-state index < -0.39 is 64.5 Å². The van der Waals surface area contributed by atoms with E-state index in [0.717, 1.165) is 9.91 Å². The number of carbonyl (C=O) groups excluding carboxylic acids is 4. The number of anilines is 1. The number of likely N-dealkylation sites (tertiary alicyclic amines) is 1. The van der Waals surface area contributed by atoms with E-state index in [1.54, 1.807) is 48.5 Å². The van der Waals surface area contributed by atoms with Gasteiger partial charge in [-0.25, -0.2) is 4.39 Å². The summed E-state index contributed by atoms with van der Waals surface area (Å²) < 4.78 is 13.8. The summed E-state index contributed by atoms with van der Waals surface area (Å²) in [6, 6.07) is 17.1. The molecule has 2 aliphatic carbocycles. The van der Waals surface area contributed by atoms with Crippen molar-refractivity contribution in [2.45, 2.75) is 43.4 Å². The van der Waals surface area contributed by atoms with Gasteiger partial charge in [0.1, 0.15) is 11.6 Å². The summed E-state index contributed by atoms with van der Waals surface area (Å²) in [5.41, 5.74) is 3.62. The zero-order valence-corrected chi connectivity index (χ0v) is 28.2. The predicted molar refractivity (Wildman–Crippen MR) is 185 cm³/mol. The quantitative estimate of drug-likeness (QED) is 0.178. The molecule has 0 bridgehead atoms. The van der Waals surface area contributed by atoms with E-state index in [-0.39, 0.29) is 43.9 Å². The first-order chi connectivity index (χ1) is 24.5. The molecule has 51 heavy (non-hydrogen) atoms. The Morgan fingerprint density at radius 1 is 1.00 bits per heavy atom. The smallest absolute Gasteiger partial charge is 0.303 e. The summed E-state index contributed by atoms with van der Waals surface area (Å²) in [7, 11) is 0. The molecule has 2 aliphatic heterocycles. The molecule has 3 fully saturated rings. The van der Waals surface area contributed by atoms with Crippen molar-refractivity contribution in [3.63, 3.8) is 0 Å². The first kappa shape index (κ1) is 34.2. The van der Waals surface area contributed by atoms with E-state index in [1.807, 2.05) is 6.08 Å². The normalized spacial score (nSPS) is 26.8. The number of phenolic OH excluding ortho intramolecular Hbond substituents is 1. The Morgan fingerprint density at radius 3 is 2.41 bits per heavy atom. The van der Waals surface area contributed by atoms with Gasteiger partial charge in [-0.15, -0.1) is 6.58 Å². The monoisotopic (exact) mass is 711 g/mol. The highest BCUT2D eigenvalue weighted by molar-refractivity contribution is 6.30. The first-order valence-corrected chi connectivity index (χ1v) is 17.2. The number of imide groups is 2. The molecule has 3 aromatic carbocycles. The molecule has 4 aliphatic rings. The molecule has 0 spiro atoms. The third-order valence-corrected chi connectivity index (χ3v) is 11.2. The van der Waals surface area contributed by atoms with Crippen molar-refractivity contribution in [1.29, 1.82) is 0 Å². The van der Waals surface area contributed by atoms with Gasteiger partial charge in [-0.3, -0.25) is 34.3 Å². The summed E-state index contributed by atoms with van der Waals surface area (Å²) in [6.07, 6.45) is 3.95. The predicted octanol–water partition coefficient (Wildman–Crippen LogP) is 5.76. The summed E-state index contributed by atoms with van der Waals surface area (Å²) in [5.74, 6) is -7.90. The highest BCUT2D eigenvalue weighted by Crippen LogP contribution is 2.65. The van der Waals surface area contributed by atoms with Crippen LogP contribution in [0.25, 0.3) is 0 Å². The van der Waals surface area contributed by atoms with Crippen molar-refractivity contribution in [2.24, 2.45) is 23.7 Å². The molecule has 0 aromatic heterocycles. The summed E-state index contributed by atoms with van der Waals surface area (Å²) in [4.78, 5) is 70.1. The Hall–Kier alpha value is -5.29. The third-order valence-electron chi connectivity index (χ3n) is 10.9. The average molecular weight is 712 g/mol.